The van der Waals surface area contributed by atoms with Gasteiger partial charge in [0.2, 0.25) is 0 Å². The molecule has 1 aliphatic rings. The van der Waals surface area contributed by atoms with E-state index in [1.807, 2.05) is 23.9 Å². The van der Waals surface area contributed by atoms with Crippen molar-refractivity contribution in [3.63, 3.8) is 0 Å². The van der Waals surface area contributed by atoms with Crippen molar-refractivity contribution >= 4 is 5.82 Å². The number of imidazole rings is 1. The molecule has 2 heterocycles. The maximum absolute atomic E-state index is 4.72. The van der Waals surface area contributed by atoms with Gasteiger partial charge in [0, 0.05) is 24.2 Å². The van der Waals surface area contributed by atoms with Gasteiger partial charge in [-0.15, -0.1) is 0 Å². The van der Waals surface area contributed by atoms with E-state index in [1.54, 1.807) is 0 Å². The summed E-state index contributed by atoms with van der Waals surface area (Å²) in [6, 6.07) is 2.01. The van der Waals surface area contributed by atoms with Crippen molar-refractivity contribution < 1.29 is 0 Å². The van der Waals surface area contributed by atoms with Crippen LogP contribution in [-0.2, 0) is 0 Å². The minimum absolute atomic E-state index is 0.544. The van der Waals surface area contributed by atoms with Crippen molar-refractivity contribution in [2.45, 2.75) is 46.0 Å². The predicted molar refractivity (Wildman–Crippen MR) is 79.4 cm³/mol. The Morgan fingerprint density at radius 3 is 2.70 bits per heavy atom. The molecule has 20 heavy (non-hydrogen) atoms. The zero-order chi connectivity index (χ0) is 14.1. The first-order valence-electron chi connectivity index (χ1n) is 7.32. The van der Waals surface area contributed by atoms with Crippen molar-refractivity contribution in [2.24, 2.45) is 0 Å². The third kappa shape index (κ3) is 2.53. The first-order chi connectivity index (χ1) is 9.69. The lowest BCUT2D eigenvalue weighted by atomic mass is 10.3. The summed E-state index contributed by atoms with van der Waals surface area (Å²) in [4.78, 5) is 13.7. The quantitative estimate of drug-likeness (QED) is 0.908. The lowest BCUT2D eigenvalue weighted by molar-refractivity contribution is 0.859. The lowest BCUT2D eigenvalue weighted by Crippen LogP contribution is -2.08. The highest BCUT2D eigenvalue weighted by atomic mass is 15.2. The Bertz CT molecular complexity index is 613. The fourth-order valence-corrected chi connectivity index (χ4v) is 2.17. The van der Waals surface area contributed by atoms with Crippen LogP contribution >= 0.6 is 0 Å². The van der Waals surface area contributed by atoms with Gasteiger partial charge in [-0.3, -0.25) is 4.57 Å². The van der Waals surface area contributed by atoms with Crippen LogP contribution in [0, 0.1) is 13.8 Å². The molecule has 0 atom stereocenters. The van der Waals surface area contributed by atoms with Crippen LogP contribution < -0.4 is 5.32 Å². The van der Waals surface area contributed by atoms with Gasteiger partial charge >= 0.3 is 0 Å². The summed E-state index contributed by atoms with van der Waals surface area (Å²) in [6.45, 7) is 7.17. The molecule has 106 valence electrons. The standard InChI is InChI=1S/C15H21N5/c1-4-7-16-13-8-14(19-15(18-13)12-5-6-12)20-9-17-10(2)11(20)3/h8-9,12H,4-7H2,1-3H3,(H,16,18,19). The smallest absolute Gasteiger partial charge is 0.143 e. The van der Waals surface area contributed by atoms with E-state index >= 15 is 0 Å². The molecule has 2 aromatic rings. The van der Waals surface area contributed by atoms with E-state index in [9.17, 15) is 0 Å². The lowest BCUT2D eigenvalue weighted by Gasteiger charge is -2.10. The molecule has 5 nitrogen and oxygen atoms in total. The normalized spacial score (nSPS) is 14.6. The molecule has 0 spiro atoms. The molecule has 3 rings (SSSR count). The molecule has 2 aromatic heterocycles. The molecule has 0 bridgehead atoms. The molecule has 1 saturated carbocycles. The fourth-order valence-electron chi connectivity index (χ4n) is 2.17. The van der Waals surface area contributed by atoms with Crippen molar-refractivity contribution in [3.8, 4) is 5.82 Å². The third-order valence-corrected chi connectivity index (χ3v) is 3.73. The van der Waals surface area contributed by atoms with Gasteiger partial charge in [-0.1, -0.05) is 6.92 Å². The van der Waals surface area contributed by atoms with Crippen LogP contribution in [0.1, 0.15) is 49.3 Å². The number of aromatic nitrogens is 4. The molecule has 5 heteroatoms. The molecule has 1 aliphatic carbocycles. The van der Waals surface area contributed by atoms with Crippen molar-refractivity contribution in [1.29, 1.82) is 0 Å². The first kappa shape index (κ1) is 13.1. The fraction of sp³-hybridized carbons (Fsp3) is 0.533. The highest BCUT2D eigenvalue weighted by Crippen LogP contribution is 2.38. The number of hydrogen-bond acceptors (Lipinski definition) is 4. The zero-order valence-electron chi connectivity index (χ0n) is 12.3. The van der Waals surface area contributed by atoms with E-state index in [-0.39, 0.29) is 0 Å². The van der Waals surface area contributed by atoms with E-state index in [0.29, 0.717) is 5.92 Å². The second-order valence-corrected chi connectivity index (χ2v) is 5.46. The molecule has 0 unspecified atom stereocenters. The van der Waals surface area contributed by atoms with Crippen molar-refractivity contribution in [1.82, 2.24) is 19.5 Å². The van der Waals surface area contributed by atoms with Crippen LogP contribution in [0.5, 0.6) is 0 Å². The van der Waals surface area contributed by atoms with Crippen LogP contribution in [0.2, 0.25) is 0 Å². The molecule has 1 N–H and O–H groups in total. The maximum Gasteiger partial charge on any atom is 0.143 e. The molecule has 0 amide bonds. The van der Waals surface area contributed by atoms with Gasteiger partial charge in [-0.25, -0.2) is 15.0 Å². The Kier molecular flexibility index (Phi) is 3.42. The topological polar surface area (TPSA) is 55.6 Å². The van der Waals surface area contributed by atoms with Gasteiger partial charge in [0.1, 0.15) is 23.8 Å². The second-order valence-electron chi connectivity index (χ2n) is 5.46. The molecule has 0 radical (unpaired) electrons. The Morgan fingerprint density at radius 2 is 2.10 bits per heavy atom. The van der Waals surface area contributed by atoms with Gasteiger partial charge in [0.15, 0.2) is 0 Å². The predicted octanol–water partition coefficient (Wildman–Crippen LogP) is 2.98. The minimum atomic E-state index is 0.544. The minimum Gasteiger partial charge on any atom is -0.370 e. The molecule has 0 aromatic carbocycles. The zero-order valence-corrected chi connectivity index (χ0v) is 12.3. The molecular weight excluding hydrogens is 250 g/mol. The maximum atomic E-state index is 4.72. The van der Waals surface area contributed by atoms with Crippen LogP contribution in [0.3, 0.4) is 0 Å². The van der Waals surface area contributed by atoms with Gasteiger partial charge in [-0.2, -0.15) is 0 Å². The summed E-state index contributed by atoms with van der Waals surface area (Å²) in [7, 11) is 0. The number of nitrogens with zero attached hydrogens (tertiary/aromatic N) is 4. The molecule has 1 fully saturated rings. The second kappa shape index (κ2) is 5.23. The molecule has 0 aliphatic heterocycles. The number of hydrogen-bond donors (Lipinski definition) is 1. The monoisotopic (exact) mass is 271 g/mol. The van der Waals surface area contributed by atoms with E-state index in [1.165, 1.54) is 12.8 Å². The van der Waals surface area contributed by atoms with Gasteiger partial charge in [-0.05, 0) is 33.1 Å². The summed E-state index contributed by atoms with van der Waals surface area (Å²) in [6.07, 6.45) is 5.34. The SMILES string of the molecule is CCCNc1cc(-n2cnc(C)c2C)nc(C2CC2)n1. The van der Waals surface area contributed by atoms with Crippen LogP contribution in [-0.4, -0.2) is 26.1 Å². The van der Waals surface area contributed by atoms with E-state index in [4.69, 9.17) is 4.98 Å². The summed E-state index contributed by atoms with van der Waals surface area (Å²) in [5.74, 6) is 3.34. The van der Waals surface area contributed by atoms with Crippen molar-refractivity contribution in [3.05, 3.63) is 29.6 Å². The van der Waals surface area contributed by atoms with Gasteiger partial charge in [0.05, 0.1) is 5.69 Å². The number of aryl methyl sites for hydroxylation is 1. The Labute approximate surface area is 119 Å². The average Bonchev–Trinajstić information content (AvgIpc) is 3.24. The van der Waals surface area contributed by atoms with Crippen LogP contribution in [0.4, 0.5) is 5.82 Å². The van der Waals surface area contributed by atoms with Crippen LogP contribution in [0.15, 0.2) is 12.4 Å². The van der Waals surface area contributed by atoms with Gasteiger partial charge < -0.3 is 5.32 Å². The number of anilines is 1. The average molecular weight is 271 g/mol. The molecular formula is C15H21N5. The summed E-state index contributed by atoms with van der Waals surface area (Å²) in [5.41, 5.74) is 2.17. The first-order valence-corrected chi connectivity index (χ1v) is 7.32. The third-order valence-electron chi connectivity index (χ3n) is 3.73. The summed E-state index contributed by atoms with van der Waals surface area (Å²) in [5, 5.41) is 3.37. The van der Waals surface area contributed by atoms with E-state index in [2.05, 4.69) is 29.1 Å². The Hall–Kier alpha value is -1.91. The van der Waals surface area contributed by atoms with E-state index < -0.39 is 0 Å². The number of nitrogens with one attached hydrogen (secondary N) is 1. The van der Waals surface area contributed by atoms with E-state index in [0.717, 1.165) is 41.8 Å². The highest BCUT2D eigenvalue weighted by molar-refractivity contribution is 5.43. The largest absolute Gasteiger partial charge is 0.370 e. The Morgan fingerprint density at radius 1 is 1.30 bits per heavy atom. The number of rotatable bonds is 5. The van der Waals surface area contributed by atoms with Crippen molar-refractivity contribution in [2.75, 3.05) is 11.9 Å². The van der Waals surface area contributed by atoms with Crippen LogP contribution in [0.25, 0.3) is 5.82 Å². The summed E-state index contributed by atoms with van der Waals surface area (Å²) >= 11 is 0. The molecule has 0 saturated heterocycles. The highest BCUT2D eigenvalue weighted by Gasteiger charge is 2.27. The summed E-state index contributed by atoms with van der Waals surface area (Å²) < 4.78 is 2.04. The van der Waals surface area contributed by atoms with Gasteiger partial charge in [0.25, 0.3) is 0 Å². The Balaban J connectivity index is 2.00.